The molecule has 8 rings (SSSR count). The molecule has 0 bridgehead atoms. The highest BCUT2D eigenvalue weighted by Gasteiger charge is 2.13. The molecule has 296 valence electrons. The van der Waals surface area contributed by atoms with Crippen molar-refractivity contribution in [2.75, 3.05) is 5.32 Å². The lowest BCUT2D eigenvalue weighted by atomic mass is 9.96. The fraction of sp³-hybridized carbons (Fsp3) is 0.211. The third-order valence-electron chi connectivity index (χ3n) is 11.3. The Morgan fingerprint density at radius 3 is 1.31 bits per heavy atom. The predicted molar refractivity (Wildman–Crippen MR) is 251 cm³/mol. The minimum absolute atomic E-state index is 0.0367. The molecule has 59 heavy (non-hydrogen) atoms. The van der Waals surface area contributed by atoms with Gasteiger partial charge in [-0.1, -0.05) is 186 Å². The minimum atomic E-state index is -0.0367. The maximum atomic E-state index is 11.1. The fourth-order valence-corrected chi connectivity index (χ4v) is 8.21. The number of rotatable bonds is 13. The molecule has 0 saturated heterocycles. The van der Waals surface area contributed by atoms with Crippen LogP contribution in [0.1, 0.15) is 93.8 Å². The number of hydrogen-bond donors (Lipinski definition) is 1. The number of nitrogens with one attached hydrogen (secondary N) is 1. The van der Waals surface area contributed by atoms with Crippen molar-refractivity contribution in [2.24, 2.45) is 0 Å². The van der Waals surface area contributed by atoms with E-state index in [1.54, 1.807) is 5.57 Å². The van der Waals surface area contributed by atoms with Crippen LogP contribution in [0.5, 0.6) is 0 Å². The lowest BCUT2D eigenvalue weighted by Gasteiger charge is -2.09. The second kappa shape index (κ2) is 19.9. The van der Waals surface area contributed by atoms with E-state index in [0.29, 0.717) is 0 Å². The molecule has 6 aromatic rings. The number of carbonyl (C=O) groups excluding carboxylic acids is 1. The van der Waals surface area contributed by atoms with E-state index < -0.39 is 0 Å². The molecule has 6 aromatic carbocycles. The van der Waals surface area contributed by atoms with Gasteiger partial charge in [0, 0.05) is 12.6 Å². The standard InChI is InChI=1S/C29H29NO.C28H28/c1-21-5-3-6-25(17-21)18-26-7-4-8-27(20-26)28-14-11-24(19-28)10-9-23-12-15-29(16-13-23)30-22(2)31;1-21-6-3-8-23(16-21)12-13-24-14-15-28(19-24)27-11-5-10-26(20-27)18-25-9-4-7-22(2)17-25/h3-8,11-17,20H,9-10,18-19H2,1-2H3,(H,30,31);3-11,14-17,20H,12-13,18-19H2,1-2H3. The first-order valence-corrected chi connectivity index (χ1v) is 21.2. The highest BCUT2D eigenvalue weighted by atomic mass is 16.1. The average Bonchev–Trinajstić information content (AvgIpc) is 3.91. The molecule has 0 heterocycles. The summed E-state index contributed by atoms with van der Waals surface area (Å²) in [6, 6.07) is 52.6. The monoisotopic (exact) mass is 771 g/mol. The summed E-state index contributed by atoms with van der Waals surface area (Å²) in [5, 5.41) is 2.82. The third-order valence-corrected chi connectivity index (χ3v) is 11.3. The highest BCUT2D eigenvalue weighted by Crippen LogP contribution is 2.33. The van der Waals surface area contributed by atoms with Gasteiger partial charge in [0.05, 0.1) is 0 Å². The lowest BCUT2D eigenvalue weighted by molar-refractivity contribution is -0.114. The molecule has 0 unspecified atom stereocenters. The molecule has 2 aliphatic carbocycles. The van der Waals surface area contributed by atoms with Crippen LogP contribution in [0.2, 0.25) is 0 Å². The van der Waals surface area contributed by atoms with Crippen LogP contribution in [0, 0.1) is 20.8 Å². The zero-order valence-corrected chi connectivity index (χ0v) is 35.2. The zero-order chi connectivity index (χ0) is 41.0. The van der Waals surface area contributed by atoms with E-state index in [1.165, 1.54) is 84.8 Å². The first kappa shape index (κ1) is 40.9. The second-order valence-corrected chi connectivity index (χ2v) is 16.5. The van der Waals surface area contributed by atoms with Crippen LogP contribution in [0.3, 0.4) is 0 Å². The van der Waals surface area contributed by atoms with Crippen LogP contribution in [0.15, 0.2) is 181 Å². The van der Waals surface area contributed by atoms with Crippen molar-refractivity contribution in [1.82, 2.24) is 0 Å². The maximum absolute atomic E-state index is 11.1. The summed E-state index contributed by atoms with van der Waals surface area (Å²) in [7, 11) is 0. The second-order valence-electron chi connectivity index (χ2n) is 16.5. The van der Waals surface area contributed by atoms with Crippen molar-refractivity contribution < 1.29 is 4.79 Å². The molecule has 1 N–H and O–H groups in total. The van der Waals surface area contributed by atoms with Crippen LogP contribution in [0.25, 0.3) is 11.1 Å². The Morgan fingerprint density at radius 2 is 0.847 bits per heavy atom. The number of hydrogen-bond acceptors (Lipinski definition) is 1. The van der Waals surface area contributed by atoms with Crippen LogP contribution in [-0.4, -0.2) is 5.91 Å². The third kappa shape index (κ3) is 12.4. The predicted octanol–water partition coefficient (Wildman–Crippen LogP) is 14.1. The van der Waals surface area contributed by atoms with Gasteiger partial charge in [0.2, 0.25) is 5.91 Å². The van der Waals surface area contributed by atoms with Crippen molar-refractivity contribution in [3.8, 4) is 0 Å². The van der Waals surface area contributed by atoms with E-state index >= 15 is 0 Å². The summed E-state index contributed by atoms with van der Waals surface area (Å²) in [6.07, 6.45) is 17.6. The molecule has 2 aliphatic rings. The van der Waals surface area contributed by atoms with Gasteiger partial charge in [0.15, 0.2) is 0 Å². The van der Waals surface area contributed by atoms with Crippen LogP contribution in [0.4, 0.5) is 5.69 Å². The van der Waals surface area contributed by atoms with E-state index in [2.05, 4.69) is 184 Å². The molecule has 0 aliphatic heterocycles. The molecule has 0 saturated carbocycles. The maximum Gasteiger partial charge on any atom is 0.221 e. The zero-order valence-electron chi connectivity index (χ0n) is 35.2. The summed E-state index contributed by atoms with van der Waals surface area (Å²) < 4.78 is 0. The molecular formula is C57H57NO. The molecule has 0 aromatic heterocycles. The van der Waals surface area contributed by atoms with Gasteiger partial charge in [-0.15, -0.1) is 0 Å². The van der Waals surface area contributed by atoms with Crippen molar-refractivity contribution in [2.45, 2.75) is 79.1 Å². The summed E-state index contributed by atoms with van der Waals surface area (Å²) in [5.74, 6) is -0.0367. The normalized spacial score (nSPS) is 13.2. The first-order valence-electron chi connectivity index (χ1n) is 21.2. The van der Waals surface area contributed by atoms with Gasteiger partial charge in [-0.3, -0.25) is 4.79 Å². The Bertz CT molecular complexity index is 2530. The molecule has 2 heteroatoms. The first-order chi connectivity index (χ1) is 28.7. The summed E-state index contributed by atoms with van der Waals surface area (Å²) in [4.78, 5) is 11.1. The van der Waals surface area contributed by atoms with Crippen molar-refractivity contribution in [3.05, 3.63) is 242 Å². The number of carbonyl (C=O) groups is 1. The fourth-order valence-electron chi connectivity index (χ4n) is 8.21. The number of amides is 1. The van der Waals surface area contributed by atoms with Crippen LogP contribution < -0.4 is 5.32 Å². The molecular weight excluding hydrogens is 715 g/mol. The number of aryl methyl sites for hydroxylation is 5. The summed E-state index contributed by atoms with van der Waals surface area (Å²) in [5.41, 5.74) is 21.6. The quantitative estimate of drug-likeness (QED) is 0.124. The number of anilines is 1. The van der Waals surface area contributed by atoms with Crippen LogP contribution in [-0.2, 0) is 30.5 Å². The van der Waals surface area contributed by atoms with Gasteiger partial charge in [0.25, 0.3) is 0 Å². The Labute approximate surface area is 352 Å². The van der Waals surface area contributed by atoms with Gasteiger partial charge in [-0.25, -0.2) is 0 Å². The molecule has 0 fully saturated rings. The molecule has 0 atom stereocenters. The van der Waals surface area contributed by atoms with Crippen molar-refractivity contribution in [1.29, 1.82) is 0 Å². The molecule has 0 radical (unpaired) electrons. The largest absolute Gasteiger partial charge is 0.326 e. The smallest absolute Gasteiger partial charge is 0.221 e. The van der Waals surface area contributed by atoms with Crippen LogP contribution >= 0.6 is 0 Å². The van der Waals surface area contributed by atoms with Gasteiger partial charge >= 0.3 is 0 Å². The molecule has 0 spiro atoms. The summed E-state index contributed by atoms with van der Waals surface area (Å²) >= 11 is 0. The molecule has 1 amide bonds. The Kier molecular flexibility index (Phi) is 13.8. The van der Waals surface area contributed by atoms with E-state index in [-0.39, 0.29) is 5.91 Å². The van der Waals surface area contributed by atoms with E-state index in [0.717, 1.165) is 57.1 Å². The van der Waals surface area contributed by atoms with Gasteiger partial charge in [0.1, 0.15) is 0 Å². The van der Waals surface area contributed by atoms with E-state index in [9.17, 15) is 4.79 Å². The Balaban J connectivity index is 0.000000180. The number of allylic oxidation sites excluding steroid dienone is 8. The van der Waals surface area contributed by atoms with E-state index in [4.69, 9.17) is 0 Å². The van der Waals surface area contributed by atoms with Gasteiger partial charge in [-0.2, -0.15) is 0 Å². The van der Waals surface area contributed by atoms with Gasteiger partial charge in [-0.05, 0) is 140 Å². The lowest BCUT2D eigenvalue weighted by Crippen LogP contribution is -2.05. The highest BCUT2D eigenvalue weighted by molar-refractivity contribution is 5.88. The average molecular weight is 772 g/mol. The van der Waals surface area contributed by atoms with Crippen molar-refractivity contribution >= 4 is 22.7 Å². The molecule has 2 nitrogen and oxygen atoms in total. The Morgan fingerprint density at radius 1 is 0.441 bits per heavy atom. The Hall–Kier alpha value is -6.25. The number of benzene rings is 6. The SMILES string of the molecule is CC(=O)Nc1ccc(CCC2=CC=C(c3cccc(Cc4cccc(C)c4)c3)C2)cc1.Cc1cccc(CCC2=CC=C(c3cccc(Cc4cccc(C)c4)c3)C2)c1. The van der Waals surface area contributed by atoms with Crippen molar-refractivity contribution in [3.63, 3.8) is 0 Å². The summed E-state index contributed by atoms with van der Waals surface area (Å²) in [6.45, 7) is 8.01. The topological polar surface area (TPSA) is 29.1 Å². The minimum Gasteiger partial charge on any atom is -0.326 e. The van der Waals surface area contributed by atoms with E-state index in [1.807, 2.05) is 12.1 Å². The van der Waals surface area contributed by atoms with Gasteiger partial charge < -0.3 is 5.32 Å².